The largest absolute Gasteiger partial charge is 0.460 e. The van der Waals surface area contributed by atoms with Gasteiger partial charge in [0.2, 0.25) is 0 Å². The molecule has 1 heterocycles. The van der Waals surface area contributed by atoms with Gasteiger partial charge < -0.3 is 5.32 Å². The van der Waals surface area contributed by atoms with Crippen LogP contribution in [-0.2, 0) is 14.4 Å². The number of unbranched alkanes of at least 4 members (excludes halogenated alkanes) is 1. The molecule has 0 aliphatic carbocycles. The molecule has 38 heavy (non-hydrogen) atoms. The molecule has 1 aliphatic heterocycles. The Kier molecular flexibility index (Phi) is 8.88. The number of hydrogen-bond donors (Lipinski definition) is 1. The van der Waals surface area contributed by atoms with Gasteiger partial charge in [0.25, 0.3) is 17.7 Å². The molecule has 0 radical (unpaired) electrons. The van der Waals surface area contributed by atoms with E-state index < -0.39 is 78.9 Å². The SMILES string of the molecule is CCC1=CC(=O)N(CCCCNC(=O)C(F)(F)C(F)(F)C(F)(F)C(F)(F)C(F)(F)C(F)(F)C(F)(F)F)C1=O. The lowest BCUT2D eigenvalue weighted by molar-refractivity contribution is -0.449. The number of amides is 3. The fourth-order valence-electron chi connectivity index (χ4n) is 2.84. The number of alkyl halides is 15. The van der Waals surface area contributed by atoms with Gasteiger partial charge in [-0.05, 0) is 19.3 Å². The van der Waals surface area contributed by atoms with Gasteiger partial charge in [-0.1, -0.05) is 6.92 Å². The summed E-state index contributed by atoms with van der Waals surface area (Å²) in [7, 11) is 0. The van der Waals surface area contributed by atoms with Gasteiger partial charge in [0.05, 0.1) is 0 Å². The van der Waals surface area contributed by atoms with Crippen LogP contribution in [0, 0.1) is 0 Å². The van der Waals surface area contributed by atoms with E-state index in [9.17, 15) is 80.2 Å². The van der Waals surface area contributed by atoms with Crippen LogP contribution in [0.25, 0.3) is 0 Å². The highest BCUT2D eigenvalue weighted by atomic mass is 19.4. The van der Waals surface area contributed by atoms with Gasteiger partial charge in [-0.15, -0.1) is 0 Å². The predicted molar refractivity (Wildman–Crippen MR) is 93.1 cm³/mol. The van der Waals surface area contributed by atoms with Crippen LogP contribution in [-0.4, -0.2) is 77.4 Å². The number of imide groups is 1. The first-order valence-corrected chi connectivity index (χ1v) is 9.95. The van der Waals surface area contributed by atoms with Gasteiger partial charge >= 0.3 is 41.7 Å². The molecule has 0 aromatic rings. The first-order valence-electron chi connectivity index (χ1n) is 9.95. The van der Waals surface area contributed by atoms with Gasteiger partial charge in [0.1, 0.15) is 0 Å². The van der Waals surface area contributed by atoms with Crippen LogP contribution in [0.5, 0.6) is 0 Å². The van der Waals surface area contributed by atoms with Crippen molar-refractivity contribution < 1.29 is 80.2 Å². The Hall–Kier alpha value is -2.70. The maximum atomic E-state index is 13.7. The maximum Gasteiger partial charge on any atom is 0.460 e. The van der Waals surface area contributed by atoms with E-state index >= 15 is 0 Å². The average Bonchev–Trinajstić information content (AvgIpc) is 3.04. The molecule has 0 saturated heterocycles. The average molecular weight is 592 g/mol. The number of carbonyl (C=O) groups is 3. The lowest BCUT2D eigenvalue weighted by Gasteiger charge is -2.41. The van der Waals surface area contributed by atoms with Gasteiger partial charge in [-0.2, -0.15) is 65.9 Å². The third kappa shape index (κ3) is 5.01. The van der Waals surface area contributed by atoms with E-state index in [0.29, 0.717) is 4.90 Å². The van der Waals surface area contributed by atoms with E-state index in [-0.39, 0.29) is 18.4 Å². The summed E-state index contributed by atoms with van der Waals surface area (Å²) in [5.41, 5.74) is 0.0986. The van der Waals surface area contributed by atoms with E-state index in [1.807, 2.05) is 0 Å². The maximum absolute atomic E-state index is 13.7. The van der Waals surface area contributed by atoms with E-state index in [0.717, 1.165) is 11.4 Å². The third-order valence-corrected chi connectivity index (χ3v) is 5.17. The zero-order valence-electron chi connectivity index (χ0n) is 18.5. The molecule has 5 nitrogen and oxygen atoms in total. The van der Waals surface area contributed by atoms with Crippen LogP contribution < -0.4 is 5.32 Å². The Morgan fingerprint density at radius 3 is 1.61 bits per heavy atom. The number of carbonyl (C=O) groups excluding carboxylic acids is 3. The van der Waals surface area contributed by atoms with Crippen molar-refractivity contribution in [1.29, 1.82) is 0 Å². The second kappa shape index (κ2) is 10.1. The van der Waals surface area contributed by atoms with Crippen LogP contribution in [0.1, 0.15) is 26.2 Å². The molecular formula is C18H15F15N2O3. The van der Waals surface area contributed by atoms with Crippen LogP contribution in [0.4, 0.5) is 65.9 Å². The Morgan fingerprint density at radius 1 is 0.737 bits per heavy atom. The minimum atomic E-state index is -8.48. The summed E-state index contributed by atoms with van der Waals surface area (Å²) in [4.78, 5) is 35.4. The van der Waals surface area contributed by atoms with Crippen LogP contribution >= 0.6 is 0 Å². The normalized spacial score (nSPS) is 16.7. The molecule has 3 amide bonds. The highest BCUT2D eigenvalue weighted by Gasteiger charge is 2.94. The fourth-order valence-corrected chi connectivity index (χ4v) is 2.84. The minimum Gasteiger partial charge on any atom is -0.351 e. The highest BCUT2D eigenvalue weighted by Crippen LogP contribution is 2.62. The van der Waals surface area contributed by atoms with Crippen LogP contribution in [0.2, 0.25) is 0 Å². The Morgan fingerprint density at radius 2 is 1.18 bits per heavy atom. The van der Waals surface area contributed by atoms with Crippen molar-refractivity contribution >= 4 is 17.7 Å². The molecule has 0 saturated carbocycles. The number of halogens is 15. The molecule has 0 aromatic heterocycles. The molecule has 1 rings (SSSR count). The van der Waals surface area contributed by atoms with Crippen molar-refractivity contribution in [3.8, 4) is 0 Å². The van der Waals surface area contributed by atoms with Gasteiger partial charge in [-0.25, -0.2) is 0 Å². The van der Waals surface area contributed by atoms with Gasteiger partial charge in [-0.3, -0.25) is 19.3 Å². The van der Waals surface area contributed by atoms with Crippen molar-refractivity contribution in [2.24, 2.45) is 0 Å². The molecule has 220 valence electrons. The number of hydrogen-bond acceptors (Lipinski definition) is 3. The summed E-state index contributed by atoms with van der Waals surface area (Å²) in [6.07, 6.45) is -7.46. The monoisotopic (exact) mass is 592 g/mol. The zero-order chi connectivity index (χ0) is 30.3. The lowest BCUT2D eigenvalue weighted by Crippen LogP contribution is -2.74. The van der Waals surface area contributed by atoms with E-state index in [1.54, 1.807) is 0 Å². The number of rotatable bonds is 12. The van der Waals surface area contributed by atoms with Gasteiger partial charge in [0.15, 0.2) is 0 Å². The Bertz CT molecular complexity index is 973. The molecule has 20 heteroatoms. The third-order valence-electron chi connectivity index (χ3n) is 5.17. The van der Waals surface area contributed by atoms with Crippen molar-refractivity contribution in [1.82, 2.24) is 10.2 Å². The smallest absolute Gasteiger partial charge is 0.351 e. The molecule has 1 aliphatic rings. The summed E-state index contributed by atoms with van der Waals surface area (Å²) in [6, 6.07) is 0. The predicted octanol–water partition coefficient (Wildman–Crippen LogP) is 4.96. The second-order valence-electron chi connectivity index (χ2n) is 7.73. The molecule has 0 aromatic carbocycles. The van der Waals surface area contributed by atoms with Crippen LogP contribution in [0.3, 0.4) is 0 Å². The summed E-state index contributed by atoms with van der Waals surface area (Å²) >= 11 is 0. The lowest BCUT2D eigenvalue weighted by atomic mass is 9.91. The van der Waals surface area contributed by atoms with Crippen molar-refractivity contribution in [3.05, 3.63) is 11.6 Å². The zero-order valence-corrected chi connectivity index (χ0v) is 18.5. The quantitative estimate of drug-likeness (QED) is 0.198. The molecular weight excluding hydrogens is 577 g/mol. The summed E-state index contributed by atoms with van der Waals surface area (Å²) < 4.78 is 197. The number of nitrogens with zero attached hydrogens (tertiary/aromatic N) is 1. The second-order valence-corrected chi connectivity index (χ2v) is 7.73. The van der Waals surface area contributed by atoms with E-state index in [1.165, 1.54) is 6.92 Å². The summed E-state index contributed by atoms with van der Waals surface area (Å²) in [5.74, 6) is -53.3. The summed E-state index contributed by atoms with van der Waals surface area (Å²) in [5, 5.41) is 0.849. The Labute approximate surface area is 202 Å². The molecule has 0 atom stereocenters. The molecule has 0 bridgehead atoms. The van der Waals surface area contributed by atoms with Crippen molar-refractivity contribution in [2.45, 2.75) is 67.9 Å². The first kappa shape index (κ1) is 33.3. The summed E-state index contributed by atoms with van der Waals surface area (Å²) in [6.45, 7) is -0.0275. The fraction of sp³-hybridized carbons (Fsp3) is 0.722. The standard InChI is InChI=1S/C18H15F15N2O3/c1-2-8-7-9(36)35(10(8)37)6-4-3-5-34-11(38)12(19,20)13(21,22)14(23,24)15(25,26)16(27,28)17(29,30)18(31,32)33/h7H,2-6H2,1H3,(H,34,38). The topological polar surface area (TPSA) is 66.5 Å². The minimum absolute atomic E-state index is 0.0986. The molecule has 1 N–H and O–H groups in total. The highest BCUT2D eigenvalue weighted by molar-refractivity contribution is 6.16. The van der Waals surface area contributed by atoms with E-state index in [2.05, 4.69) is 0 Å². The van der Waals surface area contributed by atoms with Crippen molar-refractivity contribution in [3.63, 3.8) is 0 Å². The molecule has 0 unspecified atom stereocenters. The van der Waals surface area contributed by atoms with Gasteiger partial charge in [0, 0.05) is 24.7 Å². The van der Waals surface area contributed by atoms with Crippen molar-refractivity contribution in [2.75, 3.05) is 13.1 Å². The first-order chi connectivity index (χ1) is 16.8. The molecule has 0 fully saturated rings. The molecule has 0 spiro atoms. The van der Waals surface area contributed by atoms with Crippen LogP contribution in [0.15, 0.2) is 11.6 Å². The number of nitrogens with one attached hydrogen (secondary N) is 1. The Balaban J connectivity index is 2.99. The van der Waals surface area contributed by atoms with E-state index in [4.69, 9.17) is 0 Å².